The molecular weight excluding hydrogens is 576 g/mol. The van der Waals surface area contributed by atoms with E-state index in [-0.39, 0.29) is 51.6 Å². The number of aliphatic hydroxyl groups excluding tert-OH is 6. The molecule has 6 fully saturated rings. The first-order chi connectivity index (χ1) is 20.9. The first kappa shape index (κ1) is 34.3. The Morgan fingerprint density at radius 2 is 1.56 bits per heavy atom. The smallest absolute Gasteiger partial charge is 0.187 e. The fraction of sp³-hybridized carbons (Fsp3) is 0.944. The number of rotatable bonds is 5. The Hall–Kier alpha value is -0.620. The number of hydrogen-bond donors (Lipinski definition) is 6. The van der Waals surface area contributed by atoms with Crippen molar-refractivity contribution in [3.63, 3.8) is 0 Å². The molecular formula is C36H60O9. The van der Waals surface area contributed by atoms with Crippen LogP contribution in [-0.4, -0.2) is 98.0 Å². The van der Waals surface area contributed by atoms with Gasteiger partial charge in [-0.3, -0.25) is 0 Å². The van der Waals surface area contributed by atoms with Crippen molar-refractivity contribution in [2.75, 3.05) is 6.61 Å². The Morgan fingerprint density at radius 3 is 2.20 bits per heavy atom. The molecule has 9 heteroatoms. The molecule has 0 spiro atoms. The summed E-state index contributed by atoms with van der Waals surface area (Å²) >= 11 is 0. The summed E-state index contributed by atoms with van der Waals surface area (Å²) < 4.78 is 19.9. The summed E-state index contributed by atoms with van der Waals surface area (Å²) in [5.41, 5.74) is -0.566. The zero-order valence-electron chi connectivity index (χ0n) is 28.6. The molecule has 2 unspecified atom stereocenters. The van der Waals surface area contributed by atoms with Crippen LogP contribution >= 0.6 is 0 Å². The second-order valence-corrected chi connectivity index (χ2v) is 17.6. The van der Waals surface area contributed by atoms with E-state index in [4.69, 9.17) is 14.2 Å². The minimum Gasteiger partial charge on any atom is -0.394 e. The molecule has 0 aromatic rings. The highest BCUT2D eigenvalue weighted by molar-refractivity contribution is 5.24. The lowest BCUT2D eigenvalue weighted by atomic mass is 9.34. The second-order valence-electron chi connectivity index (χ2n) is 17.6. The molecule has 4 saturated carbocycles. The van der Waals surface area contributed by atoms with Crippen molar-refractivity contribution in [2.24, 2.45) is 45.3 Å². The number of allylic oxidation sites excluding steroid dienone is 1. The van der Waals surface area contributed by atoms with Crippen molar-refractivity contribution in [3.8, 4) is 0 Å². The zero-order valence-corrected chi connectivity index (χ0v) is 28.6. The Balaban J connectivity index is 1.39. The van der Waals surface area contributed by atoms with Gasteiger partial charge in [0.1, 0.15) is 24.4 Å². The highest BCUT2D eigenvalue weighted by atomic mass is 16.7. The standard InChI is InChI=1S/C36H60O9/c1-18(2)9-10-25-36(8,45-31-29(42)28(41)27(40)22(17-37)44-31)19-11-14-34(6)26(19)21(43-25)15-23-33(5)13-12-24(39)32(3,4)30(33)20(38)16-35(23,34)7/h9,19-31,37-42H,10-17H2,1-8H3/t19-,20-,21+,22+,23+,24-,25-,26?,27+,28-,29+,30?,31-,33+,34+,35+,36+/m0/s1. The van der Waals surface area contributed by atoms with Crippen molar-refractivity contribution in [1.82, 2.24) is 0 Å². The molecule has 2 saturated heterocycles. The van der Waals surface area contributed by atoms with Gasteiger partial charge in [-0.25, -0.2) is 0 Å². The predicted octanol–water partition coefficient (Wildman–Crippen LogP) is 3.31. The average Bonchev–Trinajstić information content (AvgIpc) is 3.34. The van der Waals surface area contributed by atoms with Crippen LogP contribution < -0.4 is 0 Å². The monoisotopic (exact) mass is 636 g/mol. The maximum absolute atomic E-state index is 12.0. The summed E-state index contributed by atoms with van der Waals surface area (Å²) in [5.74, 6) is 0.518. The third-order valence-corrected chi connectivity index (χ3v) is 14.9. The van der Waals surface area contributed by atoms with Crippen LogP contribution in [0.5, 0.6) is 0 Å². The van der Waals surface area contributed by atoms with Crippen molar-refractivity contribution >= 4 is 0 Å². The first-order valence-electron chi connectivity index (χ1n) is 17.5. The number of fused-ring (bicyclic) bond motifs is 4. The second kappa shape index (κ2) is 11.2. The van der Waals surface area contributed by atoms with E-state index < -0.39 is 55.1 Å². The normalized spacial score (nSPS) is 57.0. The predicted molar refractivity (Wildman–Crippen MR) is 168 cm³/mol. The van der Waals surface area contributed by atoms with E-state index in [1.165, 1.54) is 5.57 Å². The molecule has 2 aliphatic heterocycles. The van der Waals surface area contributed by atoms with Crippen LogP contribution in [-0.2, 0) is 14.2 Å². The zero-order chi connectivity index (χ0) is 33.1. The van der Waals surface area contributed by atoms with Crippen molar-refractivity contribution < 1.29 is 44.8 Å². The molecule has 0 radical (unpaired) electrons. The van der Waals surface area contributed by atoms with E-state index in [0.29, 0.717) is 18.8 Å². The van der Waals surface area contributed by atoms with E-state index in [1.54, 1.807) is 0 Å². The number of ether oxygens (including phenoxy) is 3. The summed E-state index contributed by atoms with van der Waals surface area (Å²) in [5, 5.41) is 65.0. The van der Waals surface area contributed by atoms with E-state index in [2.05, 4.69) is 61.5 Å². The Morgan fingerprint density at radius 1 is 0.867 bits per heavy atom. The average molecular weight is 637 g/mol. The fourth-order valence-electron chi connectivity index (χ4n) is 12.5. The van der Waals surface area contributed by atoms with E-state index in [0.717, 1.165) is 32.1 Å². The van der Waals surface area contributed by atoms with E-state index in [9.17, 15) is 30.6 Å². The van der Waals surface area contributed by atoms with Crippen LogP contribution in [0.25, 0.3) is 0 Å². The summed E-state index contributed by atoms with van der Waals surface area (Å²) in [6.45, 7) is 17.1. The van der Waals surface area contributed by atoms with Crippen LogP contribution in [0.15, 0.2) is 11.6 Å². The van der Waals surface area contributed by atoms with Gasteiger partial charge < -0.3 is 44.8 Å². The molecule has 0 aromatic carbocycles. The number of hydrogen-bond acceptors (Lipinski definition) is 9. The molecule has 0 aromatic heterocycles. The van der Waals surface area contributed by atoms with Gasteiger partial charge in [-0.15, -0.1) is 0 Å². The van der Waals surface area contributed by atoms with Gasteiger partial charge >= 0.3 is 0 Å². The lowest BCUT2D eigenvalue weighted by Gasteiger charge is -2.72. The van der Waals surface area contributed by atoms with Gasteiger partial charge in [0.2, 0.25) is 0 Å². The molecule has 9 nitrogen and oxygen atoms in total. The molecule has 6 aliphatic rings. The van der Waals surface area contributed by atoms with Gasteiger partial charge in [0.15, 0.2) is 6.29 Å². The first-order valence-corrected chi connectivity index (χ1v) is 17.5. The van der Waals surface area contributed by atoms with Crippen LogP contribution in [0, 0.1) is 45.3 Å². The Labute approximate surface area is 269 Å². The SMILES string of the molecule is CC(C)=CC[C@@H]1O[C@@H]2C[C@@H]3[C@@]4(C)CC[C@H](O)C(C)(C)C4[C@@H](O)C[C@@]3(C)[C@]3(C)CC[C@@H](C23)[C@@]1(C)O[C@@H]1O[C@H](CO)[C@@H](O)[C@H](O)[C@H]1O. The van der Waals surface area contributed by atoms with Crippen molar-refractivity contribution in [2.45, 2.75) is 161 Å². The van der Waals surface area contributed by atoms with Gasteiger partial charge in [0.05, 0.1) is 36.6 Å². The molecule has 0 amide bonds. The molecule has 4 aliphatic carbocycles. The Kier molecular flexibility index (Phi) is 8.53. The van der Waals surface area contributed by atoms with Crippen LogP contribution in [0.2, 0.25) is 0 Å². The molecule has 6 N–H and O–H groups in total. The fourth-order valence-corrected chi connectivity index (χ4v) is 12.5. The van der Waals surface area contributed by atoms with Gasteiger partial charge in [-0.1, -0.05) is 46.3 Å². The molecule has 45 heavy (non-hydrogen) atoms. The lowest BCUT2D eigenvalue weighted by Crippen LogP contribution is -2.72. The third kappa shape index (κ3) is 4.73. The van der Waals surface area contributed by atoms with E-state index >= 15 is 0 Å². The topological polar surface area (TPSA) is 149 Å². The van der Waals surface area contributed by atoms with E-state index in [1.807, 2.05) is 0 Å². The summed E-state index contributed by atoms with van der Waals surface area (Å²) in [6.07, 6.45) is -0.227. The summed E-state index contributed by atoms with van der Waals surface area (Å²) in [4.78, 5) is 0. The van der Waals surface area contributed by atoms with Crippen molar-refractivity contribution in [3.05, 3.63) is 11.6 Å². The lowest BCUT2D eigenvalue weighted by molar-refractivity contribution is -0.368. The van der Waals surface area contributed by atoms with Gasteiger partial charge in [-0.05, 0) is 111 Å². The summed E-state index contributed by atoms with van der Waals surface area (Å²) in [6, 6.07) is 0. The highest BCUT2D eigenvalue weighted by Crippen LogP contribution is 2.77. The minimum absolute atomic E-state index is 0.00553. The van der Waals surface area contributed by atoms with Crippen molar-refractivity contribution in [1.29, 1.82) is 0 Å². The van der Waals surface area contributed by atoms with Gasteiger partial charge in [0.25, 0.3) is 0 Å². The van der Waals surface area contributed by atoms with Crippen LogP contribution in [0.4, 0.5) is 0 Å². The largest absolute Gasteiger partial charge is 0.394 e. The number of aliphatic hydroxyl groups is 6. The third-order valence-electron chi connectivity index (χ3n) is 14.9. The Bertz CT molecular complexity index is 1150. The molecule has 17 atom stereocenters. The molecule has 2 heterocycles. The highest BCUT2D eigenvalue weighted by Gasteiger charge is 2.75. The molecule has 6 rings (SSSR count). The molecule has 0 bridgehead atoms. The van der Waals surface area contributed by atoms with Crippen LogP contribution in [0.3, 0.4) is 0 Å². The maximum atomic E-state index is 12.0. The van der Waals surface area contributed by atoms with Crippen LogP contribution in [0.1, 0.15) is 100 Å². The minimum atomic E-state index is -1.52. The summed E-state index contributed by atoms with van der Waals surface area (Å²) in [7, 11) is 0. The van der Waals surface area contributed by atoms with Gasteiger partial charge in [0, 0.05) is 0 Å². The van der Waals surface area contributed by atoms with Gasteiger partial charge in [-0.2, -0.15) is 0 Å². The quantitative estimate of drug-likeness (QED) is 0.250. The maximum Gasteiger partial charge on any atom is 0.187 e. The molecule has 258 valence electrons.